The van der Waals surface area contributed by atoms with Gasteiger partial charge in [0.15, 0.2) is 0 Å². The van der Waals surface area contributed by atoms with Gasteiger partial charge in [-0.3, -0.25) is 4.79 Å². The van der Waals surface area contributed by atoms with Crippen LogP contribution in [0.15, 0.2) is 0 Å². The van der Waals surface area contributed by atoms with Gasteiger partial charge in [-0.05, 0) is 19.3 Å². The molecule has 0 heterocycles. The summed E-state index contributed by atoms with van der Waals surface area (Å²) in [6.45, 7) is 1.97. The van der Waals surface area contributed by atoms with E-state index in [2.05, 4.69) is 5.32 Å². The number of carboxylic acid groups (broad SMARTS) is 1. The summed E-state index contributed by atoms with van der Waals surface area (Å²) in [5, 5.41) is 21.1. The Morgan fingerprint density at radius 2 is 2.07 bits per heavy atom. The summed E-state index contributed by atoms with van der Waals surface area (Å²) in [6, 6.07) is -0.580. The maximum absolute atomic E-state index is 10.5. The fourth-order valence-electron chi connectivity index (χ4n) is 2.11. The molecule has 1 fully saturated rings. The van der Waals surface area contributed by atoms with Crippen LogP contribution in [-0.4, -0.2) is 34.9 Å². The average molecular weight is 215 g/mol. The largest absolute Gasteiger partial charge is 0.480 e. The molecule has 2 atom stereocenters. The third kappa shape index (κ3) is 4.62. The van der Waals surface area contributed by atoms with E-state index in [4.69, 9.17) is 5.11 Å². The van der Waals surface area contributed by atoms with Crippen LogP contribution in [0.4, 0.5) is 0 Å². The normalized spacial score (nSPS) is 21.5. The third-order valence-corrected chi connectivity index (χ3v) is 3.11. The average Bonchev–Trinajstić information content (AvgIpc) is 2.66. The Bertz CT molecular complexity index is 202. The molecule has 0 aromatic heterocycles. The summed E-state index contributed by atoms with van der Waals surface area (Å²) in [5.41, 5.74) is 0. The van der Waals surface area contributed by atoms with E-state index in [0.717, 1.165) is 6.42 Å². The zero-order valence-corrected chi connectivity index (χ0v) is 9.28. The van der Waals surface area contributed by atoms with E-state index >= 15 is 0 Å². The maximum Gasteiger partial charge on any atom is 0.320 e. The van der Waals surface area contributed by atoms with Gasteiger partial charge in [-0.2, -0.15) is 0 Å². The molecule has 4 nitrogen and oxygen atoms in total. The minimum absolute atomic E-state index is 0.379. The molecule has 0 bridgehead atoms. The van der Waals surface area contributed by atoms with Crippen molar-refractivity contribution in [2.24, 2.45) is 5.92 Å². The van der Waals surface area contributed by atoms with E-state index in [0.29, 0.717) is 12.5 Å². The van der Waals surface area contributed by atoms with Crippen LogP contribution >= 0.6 is 0 Å². The number of hydrogen-bond acceptors (Lipinski definition) is 3. The van der Waals surface area contributed by atoms with Gasteiger partial charge in [-0.15, -0.1) is 0 Å². The summed E-state index contributed by atoms with van der Waals surface area (Å²) in [5.74, 6) is -0.231. The molecule has 0 amide bonds. The van der Waals surface area contributed by atoms with Gasteiger partial charge in [0.05, 0.1) is 6.10 Å². The molecule has 1 aliphatic carbocycles. The molecule has 2 unspecified atom stereocenters. The molecule has 0 radical (unpaired) electrons. The van der Waals surface area contributed by atoms with E-state index in [9.17, 15) is 9.90 Å². The van der Waals surface area contributed by atoms with Crippen molar-refractivity contribution in [1.29, 1.82) is 0 Å². The highest BCUT2D eigenvalue weighted by Gasteiger charge is 2.19. The molecular formula is C11H21NO3. The molecule has 0 aromatic rings. The van der Waals surface area contributed by atoms with Gasteiger partial charge >= 0.3 is 5.97 Å². The summed E-state index contributed by atoms with van der Waals surface area (Å²) in [4.78, 5) is 10.5. The second-order valence-corrected chi connectivity index (χ2v) is 4.51. The number of rotatable bonds is 6. The van der Waals surface area contributed by atoms with Gasteiger partial charge in [-0.25, -0.2) is 0 Å². The number of carboxylic acids is 1. The summed E-state index contributed by atoms with van der Waals surface area (Å²) in [7, 11) is 0. The Hall–Kier alpha value is -0.610. The smallest absolute Gasteiger partial charge is 0.320 e. The van der Waals surface area contributed by atoms with Crippen molar-refractivity contribution in [3.05, 3.63) is 0 Å². The van der Waals surface area contributed by atoms with Crippen LogP contribution < -0.4 is 5.32 Å². The van der Waals surface area contributed by atoms with Crippen LogP contribution in [0.5, 0.6) is 0 Å². The van der Waals surface area contributed by atoms with E-state index in [1.54, 1.807) is 6.92 Å². The zero-order chi connectivity index (χ0) is 11.3. The molecule has 1 rings (SSSR count). The molecular weight excluding hydrogens is 194 g/mol. The van der Waals surface area contributed by atoms with Gasteiger partial charge in [0.1, 0.15) is 6.04 Å². The SMILES string of the molecule is CC(NCC(O)CC1CCCC1)C(=O)O. The third-order valence-electron chi connectivity index (χ3n) is 3.11. The number of aliphatic carboxylic acids is 1. The van der Waals surface area contributed by atoms with Crippen LogP contribution in [-0.2, 0) is 4.79 Å². The van der Waals surface area contributed by atoms with Crippen molar-refractivity contribution in [1.82, 2.24) is 5.32 Å². The molecule has 88 valence electrons. The molecule has 1 saturated carbocycles. The summed E-state index contributed by atoms with van der Waals surface area (Å²) >= 11 is 0. The number of carbonyl (C=O) groups is 1. The Balaban J connectivity index is 2.12. The van der Waals surface area contributed by atoms with Crippen LogP contribution in [0.25, 0.3) is 0 Å². The van der Waals surface area contributed by atoms with Crippen molar-refractivity contribution < 1.29 is 15.0 Å². The standard InChI is InChI=1S/C11H21NO3/c1-8(11(14)15)12-7-10(13)6-9-4-2-3-5-9/h8-10,12-13H,2-7H2,1H3,(H,14,15). The first-order chi connectivity index (χ1) is 7.09. The van der Waals surface area contributed by atoms with E-state index in [-0.39, 0.29) is 0 Å². The van der Waals surface area contributed by atoms with Crippen LogP contribution in [0.3, 0.4) is 0 Å². The van der Waals surface area contributed by atoms with Crippen LogP contribution in [0.2, 0.25) is 0 Å². The number of nitrogens with one attached hydrogen (secondary N) is 1. The lowest BCUT2D eigenvalue weighted by Crippen LogP contribution is -2.39. The quantitative estimate of drug-likeness (QED) is 0.618. The molecule has 3 N–H and O–H groups in total. The highest BCUT2D eigenvalue weighted by molar-refractivity contribution is 5.72. The number of hydrogen-bond donors (Lipinski definition) is 3. The van der Waals surface area contributed by atoms with Crippen LogP contribution in [0, 0.1) is 5.92 Å². The Morgan fingerprint density at radius 3 is 2.60 bits per heavy atom. The lowest BCUT2D eigenvalue weighted by molar-refractivity contribution is -0.139. The molecule has 0 aromatic carbocycles. The molecule has 0 aliphatic heterocycles. The van der Waals surface area contributed by atoms with E-state index in [1.165, 1.54) is 25.7 Å². The summed E-state index contributed by atoms with van der Waals surface area (Å²) in [6.07, 6.45) is 5.37. The highest BCUT2D eigenvalue weighted by Crippen LogP contribution is 2.28. The van der Waals surface area contributed by atoms with Crippen LogP contribution in [0.1, 0.15) is 39.0 Å². The van der Waals surface area contributed by atoms with Gasteiger partial charge in [0.25, 0.3) is 0 Å². The Labute approximate surface area is 90.7 Å². The minimum Gasteiger partial charge on any atom is -0.480 e. The van der Waals surface area contributed by atoms with Crippen molar-refractivity contribution in [2.45, 2.75) is 51.2 Å². The van der Waals surface area contributed by atoms with Gasteiger partial charge in [-0.1, -0.05) is 25.7 Å². The first-order valence-electron chi connectivity index (χ1n) is 5.74. The monoisotopic (exact) mass is 215 g/mol. The second-order valence-electron chi connectivity index (χ2n) is 4.51. The first-order valence-corrected chi connectivity index (χ1v) is 5.74. The Morgan fingerprint density at radius 1 is 1.47 bits per heavy atom. The highest BCUT2D eigenvalue weighted by atomic mass is 16.4. The number of aliphatic hydroxyl groups excluding tert-OH is 1. The van der Waals surface area contributed by atoms with Gasteiger partial charge < -0.3 is 15.5 Å². The molecule has 0 saturated heterocycles. The van der Waals surface area contributed by atoms with Gasteiger partial charge in [0.2, 0.25) is 0 Å². The molecule has 1 aliphatic rings. The lowest BCUT2D eigenvalue weighted by atomic mass is 10.00. The molecule has 15 heavy (non-hydrogen) atoms. The fourth-order valence-corrected chi connectivity index (χ4v) is 2.11. The fraction of sp³-hybridized carbons (Fsp3) is 0.909. The van der Waals surface area contributed by atoms with Crippen molar-refractivity contribution >= 4 is 5.97 Å². The predicted molar refractivity (Wildman–Crippen MR) is 57.7 cm³/mol. The summed E-state index contributed by atoms with van der Waals surface area (Å²) < 4.78 is 0. The second kappa shape index (κ2) is 6.08. The topological polar surface area (TPSA) is 69.6 Å². The molecule has 0 spiro atoms. The van der Waals surface area contributed by atoms with E-state index in [1.807, 2.05) is 0 Å². The van der Waals surface area contributed by atoms with Crippen molar-refractivity contribution in [3.63, 3.8) is 0 Å². The van der Waals surface area contributed by atoms with Crippen molar-refractivity contribution in [3.8, 4) is 0 Å². The maximum atomic E-state index is 10.5. The zero-order valence-electron chi connectivity index (χ0n) is 9.28. The minimum atomic E-state index is -0.872. The van der Waals surface area contributed by atoms with Gasteiger partial charge in [0, 0.05) is 6.54 Å². The predicted octanol–water partition coefficient (Wildman–Crippen LogP) is 0.990. The number of aliphatic hydroxyl groups is 1. The van der Waals surface area contributed by atoms with Crippen molar-refractivity contribution in [2.75, 3.05) is 6.54 Å². The first kappa shape index (κ1) is 12.5. The lowest BCUT2D eigenvalue weighted by Gasteiger charge is -2.17. The van der Waals surface area contributed by atoms with E-state index < -0.39 is 18.1 Å². The molecule has 4 heteroatoms. The Kier molecular flexibility index (Phi) is 5.05.